The van der Waals surface area contributed by atoms with Crippen molar-refractivity contribution in [2.75, 3.05) is 13.2 Å². The molecule has 0 amide bonds. The third kappa shape index (κ3) is 6.22. The number of halogens is 3. The van der Waals surface area contributed by atoms with E-state index in [1.54, 1.807) is 0 Å². The van der Waals surface area contributed by atoms with Gasteiger partial charge in [0, 0.05) is 0 Å². The highest BCUT2D eigenvalue weighted by Crippen LogP contribution is 2.15. The lowest BCUT2D eigenvalue weighted by molar-refractivity contribution is -0.177. The first-order valence-electron chi connectivity index (χ1n) is 5.18. The third-order valence-electron chi connectivity index (χ3n) is 1.71. The number of aromatic nitrogens is 2. The van der Waals surface area contributed by atoms with Crippen molar-refractivity contribution < 1.29 is 22.4 Å². The van der Waals surface area contributed by atoms with E-state index in [2.05, 4.69) is 20.2 Å². The van der Waals surface area contributed by atoms with Crippen molar-refractivity contribution in [2.24, 2.45) is 0 Å². The van der Waals surface area contributed by atoms with E-state index in [0.29, 0.717) is 12.4 Å². The predicted octanol–water partition coefficient (Wildman–Crippen LogP) is 1.65. The Labute approximate surface area is 96.3 Å². The molecule has 0 saturated heterocycles. The van der Waals surface area contributed by atoms with Gasteiger partial charge in [-0.2, -0.15) is 18.2 Å². The van der Waals surface area contributed by atoms with Crippen molar-refractivity contribution in [3.05, 3.63) is 11.7 Å². The summed E-state index contributed by atoms with van der Waals surface area (Å²) in [6.07, 6.45) is -3.37. The van der Waals surface area contributed by atoms with E-state index in [1.807, 2.05) is 6.92 Å². The summed E-state index contributed by atoms with van der Waals surface area (Å²) >= 11 is 0. The van der Waals surface area contributed by atoms with Gasteiger partial charge in [0.25, 0.3) is 0 Å². The molecule has 0 atom stereocenters. The van der Waals surface area contributed by atoms with Crippen molar-refractivity contribution in [3.63, 3.8) is 0 Å². The highest BCUT2D eigenvalue weighted by molar-refractivity contribution is 4.83. The van der Waals surface area contributed by atoms with Gasteiger partial charge in [0.1, 0.15) is 13.2 Å². The predicted molar refractivity (Wildman–Crippen MR) is 52.0 cm³/mol. The summed E-state index contributed by atoms with van der Waals surface area (Å²) in [4.78, 5) is 3.87. The second-order valence-electron chi connectivity index (χ2n) is 3.39. The Kier molecular flexibility index (Phi) is 5.36. The van der Waals surface area contributed by atoms with Crippen molar-refractivity contribution in [3.8, 4) is 0 Å². The van der Waals surface area contributed by atoms with E-state index in [1.165, 1.54) is 0 Å². The number of rotatable bonds is 7. The molecule has 0 saturated carbocycles. The van der Waals surface area contributed by atoms with Crippen molar-refractivity contribution >= 4 is 0 Å². The number of nitrogens with zero attached hydrogens (tertiary/aromatic N) is 2. The molecule has 0 aromatic carbocycles. The zero-order valence-corrected chi connectivity index (χ0v) is 9.38. The standard InChI is InChI=1S/C9H14F3N3O2/c1-2-3-13-4-8-14-7(15-17-8)5-16-6-9(10,11)12/h13H,2-6H2,1H3. The van der Waals surface area contributed by atoms with Gasteiger partial charge in [0.05, 0.1) is 6.54 Å². The molecule has 0 aliphatic rings. The van der Waals surface area contributed by atoms with Gasteiger partial charge in [-0.1, -0.05) is 12.1 Å². The molecule has 17 heavy (non-hydrogen) atoms. The van der Waals surface area contributed by atoms with Crippen LogP contribution in [0, 0.1) is 0 Å². The van der Waals surface area contributed by atoms with Gasteiger partial charge in [0.15, 0.2) is 5.82 Å². The first-order chi connectivity index (χ1) is 8.01. The molecular formula is C9H14F3N3O2. The maximum absolute atomic E-state index is 11.8. The Bertz CT molecular complexity index is 328. The van der Waals surface area contributed by atoms with Gasteiger partial charge >= 0.3 is 6.18 Å². The van der Waals surface area contributed by atoms with Crippen LogP contribution in [0.4, 0.5) is 13.2 Å². The summed E-state index contributed by atoms with van der Waals surface area (Å²) in [7, 11) is 0. The van der Waals surface area contributed by atoms with E-state index in [9.17, 15) is 13.2 Å². The van der Waals surface area contributed by atoms with Gasteiger partial charge < -0.3 is 14.6 Å². The fourth-order valence-corrected chi connectivity index (χ4v) is 1.05. The van der Waals surface area contributed by atoms with Crippen LogP contribution in [-0.2, 0) is 17.9 Å². The largest absolute Gasteiger partial charge is 0.411 e. The minimum Gasteiger partial charge on any atom is -0.364 e. The molecular weight excluding hydrogens is 239 g/mol. The lowest BCUT2D eigenvalue weighted by atomic mass is 10.5. The van der Waals surface area contributed by atoms with Crippen molar-refractivity contribution in [1.29, 1.82) is 0 Å². The van der Waals surface area contributed by atoms with Gasteiger partial charge in [-0.25, -0.2) is 0 Å². The summed E-state index contributed by atoms with van der Waals surface area (Å²) in [6.45, 7) is 1.60. The van der Waals surface area contributed by atoms with Crippen LogP contribution >= 0.6 is 0 Å². The molecule has 0 aliphatic heterocycles. The maximum atomic E-state index is 11.8. The van der Waals surface area contributed by atoms with Crippen LogP contribution in [-0.4, -0.2) is 29.5 Å². The van der Waals surface area contributed by atoms with Gasteiger partial charge in [-0.15, -0.1) is 0 Å². The Balaban J connectivity index is 2.26. The molecule has 0 spiro atoms. The smallest absolute Gasteiger partial charge is 0.364 e. The summed E-state index contributed by atoms with van der Waals surface area (Å²) in [6, 6.07) is 0. The number of hydrogen-bond acceptors (Lipinski definition) is 5. The average Bonchev–Trinajstić information content (AvgIpc) is 2.64. The minimum atomic E-state index is -4.34. The minimum absolute atomic E-state index is 0.113. The molecule has 0 bridgehead atoms. The topological polar surface area (TPSA) is 60.2 Å². The summed E-state index contributed by atoms with van der Waals surface area (Å²) < 4.78 is 44.5. The molecule has 8 heteroatoms. The van der Waals surface area contributed by atoms with Crippen molar-refractivity contribution in [1.82, 2.24) is 15.5 Å². The van der Waals surface area contributed by atoms with E-state index in [-0.39, 0.29) is 12.4 Å². The summed E-state index contributed by atoms with van der Waals surface area (Å²) in [5.74, 6) is 0.451. The van der Waals surface area contributed by atoms with E-state index in [0.717, 1.165) is 13.0 Å². The first-order valence-corrected chi connectivity index (χ1v) is 5.18. The van der Waals surface area contributed by atoms with E-state index >= 15 is 0 Å². The number of nitrogens with one attached hydrogen (secondary N) is 1. The molecule has 0 radical (unpaired) electrons. The fourth-order valence-electron chi connectivity index (χ4n) is 1.05. The van der Waals surface area contributed by atoms with Crippen LogP contribution < -0.4 is 5.32 Å². The molecule has 98 valence electrons. The second-order valence-corrected chi connectivity index (χ2v) is 3.39. The van der Waals surface area contributed by atoms with Crippen LogP contribution in [0.5, 0.6) is 0 Å². The molecule has 0 aliphatic carbocycles. The van der Waals surface area contributed by atoms with Gasteiger partial charge in [-0.3, -0.25) is 0 Å². The van der Waals surface area contributed by atoms with E-state index in [4.69, 9.17) is 4.52 Å². The maximum Gasteiger partial charge on any atom is 0.411 e. The Morgan fingerprint density at radius 1 is 1.41 bits per heavy atom. The zero-order chi connectivity index (χ0) is 12.7. The fraction of sp³-hybridized carbons (Fsp3) is 0.778. The van der Waals surface area contributed by atoms with Crippen LogP contribution in [0.15, 0.2) is 4.52 Å². The van der Waals surface area contributed by atoms with E-state index < -0.39 is 12.8 Å². The molecule has 1 rings (SSSR count). The molecule has 1 heterocycles. The Hall–Kier alpha value is -1.15. The SMILES string of the molecule is CCCNCc1nc(COCC(F)(F)F)no1. The van der Waals surface area contributed by atoms with Crippen LogP contribution in [0.2, 0.25) is 0 Å². The first kappa shape index (κ1) is 13.9. The second kappa shape index (κ2) is 6.55. The summed E-state index contributed by atoms with van der Waals surface area (Å²) in [5.41, 5.74) is 0. The summed E-state index contributed by atoms with van der Waals surface area (Å²) in [5, 5.41) is 6.52. The lowest BCUT2D eigenvalue weighted by Crippen LogP contribution is -2.17. The molecule has 0 unspecified atom stereocenters. The van der Waals surface area contributed by atoms with Crippen LogP contribution in [0.1, 0.15) is 25.1 Å². The van der Waals surface area contributed by atoms with Crippen molar-refractivity contribution in [2.45, 2.75) is 32.7 Å². The molecule has 0 fully saturated rings. The highest BCUT2D eigenvalue weighted by Gasteiger charge is 2.27. The third-order valence-corrected chi connectivity index (χ3v) is 1.71. The Morgan fingerprint density at radius 3 is 2.82 bits per heavy atom. The quantitative estimate of drug-likeness (QED) is 0.749. The lowest BCUT2D eigenvalue weighted by Gasteiger charge is -2.04. The normalized spacial score (nSPS) is 12.0. The average molecular weight is 253 g/mol. The van der Waals surface area contributed by atoms with Crippen LogP contribution in [0.25, 0.3) is 0 Å². The number of hydrogen-bond donors (Lipinski definition) is 1. The van der Waals surface area contributed by atoms with Gasteiger partial charge in [0.2, 0.25) is 5.89 Å². The molecule has 5 nitrogen and oxygen atoms in total. The Morgan fingerprint density at radius 2 is 2.18 bits per heavy atom. The van der Waals surface area contributed by atoms with Gasteiger partial charge in [-0.05, 0) is 13.0 Å². The zero-order valence-electron chi connectivity index (χ0n) is 9.38. The molecule has 1 aromatic rings. The monoisotopic (exact) mass is 253 g/mol. The molecule has 1 aromatic heterocycles. The number of alkyl halides is 3. The highest BCUT2D eigenvalue weighted by atomic mass is 19.4. The number of ether oxygens (including phenoxy) is 1. The molecule has 1 N–H and O–H groups in total. The van der Waals surface area contributed by atoms with Crippen LogP contribution in [0.3, 0.4) is 0 Å².